The molecule has 4 rings (SSSR count). The third-order valence-electron chi connectivity index (χ3n) is 6.18. The number of hydrogen-bond donors (Lipinski definition) is 0. The highest BCUT2D eigenvalue weighted by molar-refractivity contribution is 6.08. The van der Waals surface area contributed by atoms with Crippen molar-refractivity contribution in [3.8, 4) is 11.5 Å². The van der Waals surface area contributed by atoms with Crippen LogP contribution >= 0.6 is 0 Å². The Bertz CT molecular complexity index is 834. The first kappa shape index (κ1) is 18.5. The number of carbonyl (C=O) groups is 3. The number of carbonyl (C=O) groups excluding carboxylic acids is 3. The van der Waals surface area contributed by atoms with Gasteiger partial charge in [-0.15, -0.1) is 0 Å². The van der Waals surface area contributed by atoms with Crippen LogP contribution in [0.1, 0.15) is 12.0 Å². The monoisotopic (exact) mass is 384 g/mol. The summed E-state index contributed by atoms with van der Waals surface area (Å²) < 4.78 is 10.6. The van der Waals surface area contributed by atoms with Crippen molar-refractivity contribution in [3.05, 3.63) is 35.9 Å². The van der Waals surface area contributed by atoms with E-state index in [4.69, 9.17) is 9.47 Å². The van der Waals surface area contributed by atoms with E-state index in [1.54, 1.807) is 33.4 Å². The van der Waals surface area contributed by atoms with Crippen molar-refractivity contribution < 1.29 is 23.9 Å². The quantitative estimate of drug-likeness (QED) is 0.548. The van der Waals surface area contributed by atoms with Gasteiger partial charge in [-0.25, -0.2) is 0 Å². The van der Waals surface area contributed by atoms with Crippen molar-refractivity contribution in [1.82, 2.24) is 9.80 Å². The minimum Gasteiger partial charge on any atom is -0.497 e. The molecule has 2 fully saturated rings. The molecule has 7 heteroatoms. The summed E-state index contributed by atoms with van der Waals surface area (Å²) in [5, 5.41) is 0. The molecule has 3 amide bonds. The molecule has 0 aromatic heterocycles. The maximum Gasteiger partial charge on any atom is 0.242 e. The molecule has 1 aromatic carbocycles. The van der Waals surface area contributed by atoms with Crippen molar-refractivity contribution >= 4 is 17.7 Å². The Labute approximate surface area is 163 Å². The highest BCUT2D eigenvalue weighted by Crippen LogP contribution is 2.52. The van der Waals surface area contributed by atoms with Gasteiger partial charge in [-0.3, -0.25) is 19.3 Å². The van der Waals surface area contributed by atoms with Gasteiger partial charge in [-0.2, -0.15) is 0 Å². The van der Waals surface area contributed by atoms with Crippen molar-refractivity contribution in [3.63, 3.8) is 0 Å². The number of methoxy groups -OCH3 is 2. The number of rotatable bonds is 6. The van der Waals surface area contributed by atoms with Gasteiger partial charge in [0.25, 0.3) is 0 Å². The van der Waals surface area contributed by atoms with Gasteiger partial charge in [0, 0.05) is 25.2 Å². The van der Waals surface area contributed by atoms with Gasteiger partial charge in [0.1, 0.15) is 18.0 Å². The SMILES string of the molecule is COc1ccc(CN(C)C(=O)CN2C(=O)[C@@H]3[C@H](C2=O)[C@H]2C=C[C@H]3C2)c(OC)c1. The van der Waals surface area contributed by atoms with Crippen LogP contribution in [0.15, 0.2) is 30.4 Å². The van der Waals surface area contributed by atoms with Crippen molar-refractivity contribution in [2.45, 2.75) is 13.0 Å². The van der Waals surface area contributed by atoms with E-state index in [0.29, 0.717) is 18.0 Å². The number of fused-ring (bicyclic) bond motifs is 5. The highest BCUT2D eigenvalue weighted by atomic mass is 16.5. The molecule has 148 valence electrons. The molecule has 1 aliphatic heterocycles. The van der Waals surface area contributed by atoms with E-state index in [2.05, 4.69) is 0 Å². The Hall–Kier alpha value is -2.83. The second-order valence-corrected chi connectivity index (χ2v) is 7.69. The predicted molar refractivity (Wildman–Crippen MR) is 100 cm³/mol. The number of hydrogen-bond acceptors (Lipinski definition) is 5. The summed E-state index contributed by atoms with van der Waals surface area (Å²) in [4.78, 5) is 40.9. The minimum atomic E-state index is -0.278. The summed E-state index contributed by atoms with van der Waals surface area (Å²) in [6, 6.07) is 5.39. The fraction of sp³-hybridized carbons (Fsp3) is 0.476. The van der Waals surface area contributed by atoms with E-state index in [1.807, 2.05) is 18.2 Å². The molecule has 0 unspecified atom stereocenters. The molecule has 3 aliphatic rings. The first-order valence-electron chi connectivity index (χ1n) is 9.43. The Balaban J connectivity index is 1.43. The molecule has 1 heterocycles. The van der Waals surface area contributed by atoms with Crippen LogP contribution in [-0.2, 0) is 20.9 Å². The number of imide groups is 1. The molecule has 0 N–H and O–H groups in total. The third kappa shape index (κ3) is 2.85. The number of likely N-dealkylation sites (tertiary alicyclic amines) is 1. The van der Waals surface area contributed by atoms with Crippen molar-refractivity contribution in [2.24, 2.45) is 23.7 Å². The fourth-order valence-corrected chi connectivity index (χ4v) is 4.70. The van der Waals surface area contributed by atoms with Gasteiger partial charge in [0.05, 0.1) is 26.1 Å². The lowest BCUT2D eigenvalue weighted by Crippen LogP contribution is -2.42. The molecule has 2 bridgehead atoms. The second-order valence-electron chi connectivity index (χ2n) is 7.69. The van der Waals surface area contributed by atoms with Gasteiger partial charge >= 0.3 is 0 Å². The van der Waals surface area contributed by atoms with E-state index < -0.39 is 0 Å². The fourth-order valence-electron chi connectivity index (χ4n) is 4.70. The Morgan fingerprint density at radius 1 is 1.11 bits per heavy atom. The maximum absolute atomic E-state index is 12.7. The Morgan fingerprint density at radius 2 is 1.75 bits per heavy atom. The molecule has 1 saturated carbocycles. The first-order chi connectivity index (χ1) is 13.4. The van der Waals surface area contributed by atoms with Gasteiger partial charge in [-0.05, 0) is 30.4 Å². The molecule has 28 heavy (non-hydrogen) atoms. The molecule has 0 radical (unpaired) electrons. The lowest BCUT2D eigenvalue weighted by Gasteiger charge is -2.23. The average molecular weight is 384 g/mol. The number of allylic oxidation sites excluding steroid dienone is 2. The molecule has 7 nitrogen and oxygen atoms in total. The number of nitrogens with zero attached hydrogens (tertiary/aromatic N) is 2. The zero-order chi connectivity index (χ0) is 20.0. The molecule has 2 aliphatic carbocycles. The standard InChI is InChI=1S/C21H24N2O5/c1-22(10-14-6-7-15(27-2)9-16(14)28-3)17(24)11-23-20(25)18-12-4-5-13(8-12)19(18)21(23)26/h4-7,9,12-13,18-19H,8,10-11H2,1-3H3/t12-,13-,18-,19+/m0/s1. The lowest BCUT2D eigenvalue weighted by atomic mass is 9.85. The van der Waals surface area contributed by atoms with Crippen LogP contribution in [0.5, 0.6) is 11.5 Å². The molecule has 1 aromatic rings. The number of amides is 3. The van der Waals surface area contributed by atoms with Crippen LogP contribution in [0, 0.1) is 23.7 Å². The minimum absolute atomic E-state index is 0.146. The van der Waals surface area contributed by atoms with Gasteiger partial charge in [0.15, 0.2) is 0 Å². The third-order valence-corrected chi connectivity index (χ3v) is 6.18. The number of ether oxygens (including phenoxy) is 2. The lowest BCUT2D eigenvalue weighted by molar-refractivity contribution is -0.146. The molecule has 4 atom stereocenters. The summed E-state index contributed by atoms with van der Waals surface area (Å²) in [5.74, 6) is 0.346. The average Bonchev–Trinajstić information content (AvgIpc) is 3.38. The van der Waals surface area contributed by atoms with Crippen molar-refractivity contribution in [2.75, 3.05) is 27.8 Å². The maximum atomic E-state index is 12.7. The first-order valence-corrected chi connectivity index (χ1v) is 9.43. The van der Waals surface area contributed by atoms with E-state index in [-0.39, 0.29) is 47.9 Å². The number of benzene rings is 1. The topological polar surface area (TPSA) is 76.2 Å². The summed E-state index contributed by atoms with van der Waals surface area (Å²) >= 11 is 0. The van der Waals surface area contributed by atoms with Crippen molar-refractivity contribution in [1.29, 1.82) is 0 Å². The Kier molecular flexibility index (Phi) is 4.61. The zero-order valence-electron chi connectivity index (χ0n) is 16.3. The molecular formula is C21H24N2O5. The van der Waals surface area contributed by atoms with Gasteiger partial charge in [0.2, 0.25) is 17.7 Å². The Morgan fingerprint density at radius 3 is 2.32 bits per heavy atom. The smallest absolute Gasteiger partial charge is 0.242 e. The molecule has 0 spiro atoms. The van der Waals surface area contributed by atoms with E-state index >= 15 is 0 Å². The predicted octanol–water partition coefficient (Wildman–Crippen LogP) is 1.47. The van der Waals surface area contributed by atoms with Crippen LogP contribution in [0.2, 0.25) is 0 Å². The van der Waals surface area contributed by atoms with Crippen LogP contribution in [-0.4, -0.2) is 55.3 Å². The van der Waals surface area contributed by atoms with Gasteiger partial charge in [-0.1, -0.05) is 12.2 Å². The summed E-state index contributed by atoms with van der Waals surface area (Å²) in [6.45, 7) is 0.0982. The summed E-state index contributed by atoms with van der Waals surface area (Å²) in [5.41, 5.74) is 0.817. The summed E-state index contributed by atoms with van der Waals surface area (Å²) in [7, 11) is 4.79. The normalized spacial score (nSPS) is 27.3. The number of likely N-dealkylation sites (N-methyl/N-ethyl adjacent to an activating group) is 1. The van der Waals surface area contributed by atoms with Crippen LogP contribution in [0.4, 0.5) is 0 Å². The van der Waals surface area contributed by atoms with Gasteiger partial charge < -0.3 is 14.4 Å². The highest BCUT2D eigenvalue weighted by Gasteiger charge is 2.59. The largest absolute Gasteiger partial charge is 0.497 e. The van der Waals surface area contributed by atoms with Crippen LogP contribution in [0.25, 0.3) is 0 Å². The summed E-state index contributed by atoms with van der Waals surface area (Å²) in [6.07, 6.45) is 4.97. The molecule has 1 saturated heterocycles. The zero-order valence-corrected chi connectivity index (χ0v) is 16.3. The van der Waals surface area contributed by atoms with E-state index in [1.165, 1.54) is 4.90 Å². The van der Waals surface area contributed by atoms with Crippen LogP contribution < -0.4 is 9.47 Å². The van der Waals surface area contributed by atoms with E-state index in [0.717, 1.165) is 16.9 Å². The van der Waals surface area contributed by atoms with Crippen LogP contribution in [0.3, 0.4) is 0 Å². The van der Waals surface area contributed by atoms with E-state index in [9.17, 15) is 14.4 Å². The second kappa shape index (κ2) is 6.96. The molecular weight excluding hydrogens is 360 g/mol.